The van der Waals surface area contributed by atoms with Crippen LogP contribution >= 0.6 is 0 Å². The van der Waals surface area contributed by atoms with Gasteiger partial charge >= 0.3 is 0 Å². The second kappa shape index (κ2) is 10.2. The Kier molecular flexibility index (Phi) is 6.53. The van der Waals surface area contributed by atoms with Crippen molar-refractivity contribution in [1.82, 2.24) is 9.55 Å². The first-order valence-corrected chi connectivity index (χ1v) is 11.7. The maximum Gasteiger partial charge on any atom is 0.121 e. The number of ether oxygens (including phenoxy) is 1. The Labute approximate surface area is 201 Å². The van der Waals surface area contributed by atoms with Crippen molar-refractivity contribution in [3.05, 3.63) is 156 Å². The van der Waals surface area contributed by atoms with Crippen LogP contribution in [0, 0.1) is 0 Å². The minimum Gasteiger partial charge on any atom is -0.494 e. The summed E-state index contributed by atoms with van der Waals surface area (Å²) < 4.78 is 8.14. The van der Waals surface area contributed by atoms with Crippen molar-refractivity contribution in [2.24, 2.45) is 0 Å². The van der Waals surface area contributed by atoms with E-state index in [9.17, 15) is 0 Å². The lowest BCUT2D eigenvalue weighted by atomic mass is 9.77. The van der Waals surface area contributed by atoms with Gasteiger partial charge in [-0.05, 0) is 41.7 Å². The van der Waals surface area contributed by atoms with Crippen LogP contribution in [0.5, 0.6) is 5.75 Å². The summed E-state index contributed by atoms with van der Waals surface area (Å²) in [6.45, 7) is 0.665. The highest BCUT2D eigenvalue weighted by Crippen LogP contribution is 2.40. The maximum atomic E-state index is 5.88. The van der Waals surface area contributed by atoms with Gasteiger partial charge in [0, 0.05) is 6.20 Å². The number of hydrogen-bond acceptors (Lipinski definition) is 2. The molecule has 0 unspecified atom stereocenters. The number of hydrogen-bond donors (Lipinski definition) is 0. The fourth-order valence-corrected chi connectivity index (χ4v) is 4.62. The van der Waals surface area contributed by atoms with Gasteiger partial charge in [-0.2, -0.15) is 0 Å². The molecule has 34 heavy (non-hydrogen) atoms. The summed E-state index contributed by atoms with van der Waals surface area (Å²) in [5.74, 6) is 0.907. The van der Waals surface area contributed by atoms with E-state index in [1.165, 1.54) is 16.7 Å². The molecule has 0 saturated carbocycles. The van der Waals surface area contributed by atoms with E-state index in [4.69, 9.17) is 9.72 Å². The summed E-state index contributed by atoms with van der Waals surface area (Å²) in [7, 11) is 0. The highest BCUT2D eigenvalue weighted by Gasteiger charge is 2.38. The van der Waals surface area contributed by atoms with Crippen LogP contribution in [0.3, 0.4) is 0 Å². The predicted molar refractivity (Wildman–Crippen MR) is 137 cm³/mol. The number of aryl methyl sites for hydroxylation is 1. The predicted octanol–water partition coefficient (Wildman–Crippen LogP) is 6.73. The first-order chi connectivity index (χ1) is 16.9. The Hall–Kier alpha value is -4.11. The molecule has 0 aliphatic heterocycles. The molecule has 1 heterocycles. The average molecular weight is 445 g/mol. The van der Waals surface area contributed by atoms with Crippen molar-refractivity contribution in [1.29, 1.82) is 0 Å². The molecule has 1 aromatic heterocycles. The molecule has 0 atom stereocenters. The van der Waals surface area contributed by atoms with Gasteiger partial charge in [0.15, 0.2) is 0 Å². The lowest BCUT2D eigenvalue weighted by Crippen LogP contribution is -2.36. The largest absolute Gasteiger partial charge is 0.494 e. The quantitative estimate of drug-likeness (QED) is 0.186. The summed E-state index contributed by atoms with van der Waals surface area (Å²) in [6, 6.07) is 42.0. The minimum atomic E-state index is -0.518. The number of imidazole rings is 1. The Morgan fingerprint density at radius 3 is 1.59 bits per heavy atom. The van der Waals surface area contributed by atoms with Gasteiger partial charge in [-0.15, -0.1) is 0 Å². The van der Waals surface area contributed by atoms with Crippen molar-refractivity contribution in [3.8, 4) is 5.75 Å². The van der Waals surface area contributed by atoms with Crippen LogP contribution < -0.4 is 4.74 Å². The molecule has 5 rings (SSSR count). The number of benzene rings is 4. The summed E-state index contributed by atoms with van der Waals surface area (Å²) in [5, 5.41) is 0. The monoisotopic (exact) mass is 444 g/mol. The molecule has 4 aromatic carbocycles. The summed E-state index contributed by atoms with van der Waals surface area (Å²) >= 11 is 0. The number of para-hydroxylation sites is 1. The normalized spacial score (nSPS) is 11.3. The first-order valence-electron chi connectivity index (χ1n) is 11.7. The second-order valence-corrected chi connectivity index (χ2v) is 8.35. The summed E-state index contributed by atoms with van der Waals surface area (Å²) in [4.78, 5) is 4.81. The molecule has 0 radical (unpaired) electrons. The molecule has 0 bridgehead atoms. The Bertz CT molecular complexity index is 1190. The third-order valence-corrected chi connectivity index (χ3v) is 6.19. The van der Waals surface area contributed by atoms with Crippen LogP contribution in [-0.4, -0.2) is 16.2 Å². The van der Waals surface area contributed by atoms with Crippen molar-refractivity contribution in [3.63, 3.8) is 0 Å². The standard InChI is InChI=1S/C31H28N2O/c1-5-14-26(15-6-1)31(27-16-7-2-8-17-27,28-18-9-3-10-19-28)33-24-29(32-25-33)20-13-23-34-30-21-11-4-12-22-30/h1-12,14-19,21-22,24-25H,13,20,23H2. The van der Waals surface area contributed by atoms with Gasteiger partial charge < -0.3 is 9.30 Å². The molecule has 0 N–H and O–H groups in total. The average Bonchev–Trinajstić information content (AvgIpc) is 3.39. The van der Waals surface area contributed by atoms with Crippen LogP contribution in [0.2, 0.25) is 0 Å². The molecule has 0 aliphatic rings. The molecule has 0 fully saturated rings. The molecular formula is C31H28N2O. The zero-order chi connectivity index (χ0) is 23.1. The maximum absolute atomic E-state index is 5.88. The van der Waals surface area contributed by atoms with Crippen LogP contribution in [0.25, 0.3) is 0 Å². The molecule has 0 saturated heterocycles. The van der Waals surface area contributed by atoms with E-state index < -0.39 is 5.54 Å². The SMILES string of the molecule is c1ccc(OCCCc2cn(C(c3ccccc3)(c3ccccc3)c3ccccc3)cn2)cc1. The summed E-state index contributed by atoms with van der Waals surface area (Å²) in [5.41, 5.74) is 4.13. The van der Waals surface area contributed by atoms with Crippen LogP contribution in [-0.2, 0) is 12.0 Å². The zero-order valence-electron chi connectivity index (χ0n) is 19.1. The Morgan fingerprint density at radius 1 is 0.618 bits per heavy atom. The first kappa shape index (κ1) is 21.7. The van der Waals surface area contributed by atoms with Gasteiger partial charge in [0.2, 0.25) is 0 Å². The summed E-state index contributed by atoms with van der Waals surface area (Å²) in [6.07, 6.45) is 5.92. The van der Waals surface area contributed by atoms with E-state index in [-0.39, 0.29) is 0 Å². The van der Waals surface area contributed by atoms with Crippen molar-refractivity contribution >= 4 is 0 Å². The van der Waals surface area contributed by atoms with Crippen LogP contribution in [0.15, 0.2) is 134 Å². The van der Waals surface area contributed by atoms with E-state index in [1.807, 2.05) is 36.7 Å². The van der Waals surface area contributed by atoms with Gasteiger partial charge in [-0.25, -0.2) is 4.98 Å². The molecule has 0 spiro atoms. The molecule has 3 heteroatoms. The van der Waals surface area contributed by atoms with E-state index in [1.54, 1.807) is 0 Å². The lowest BCUT2D eigenvalue weighted by Gasteiger charge is -2.37. The van der Waals surface area contributed by atoms with E-state index in [0.717, 1.165) is 24.3 Å². The number of rotatable bonds is 9. The fourth-order valence-electron chi connectivity index (χ4n) is 4.62. The second-order valence-electron chi connectivity index (χ2n) is 8.35. The van der Waals surface area contributed by atoms with Crippen molar-refractivity contribution < 1.29 is 4.74 Å². The van der Waals surface area contributed by atoms with Crippen LogP contribution in [0.4, 0.5) is 0 Å². The lowest BCUT2D eigenvalue weighted by molar-refractivity contribution is 0.310. The molecule has 5 aromatic rings. The number of aromatic nitrogens is 2. The van der Waals surface area contributed by atoms with Crippen LogP contribution in [0.1, 0.15) is 28.8 Å². The van der Waals surface area contributed by atoms with Crippen molar-refractivity contribution in [2.45, 2.75) is 18.4 Å². The fraction of sp³-hybridized carbons (Fsp3) is 0.129. The van der Waals surface area contributed by atoms with Gasteiger partial charge in [-0.3, -0.25) is 0 Å². The molecule has 3 nitrogen and oxygen atoms in total. The van der Waals surface area contributed by atoms with E-state index in [0.29, 0.717) is 6.61 Å². The highest BCUT2D eigenvalue weighted by molar-refractivity contribution is 5.50. The molecule has 0 aliphatic carbocycles. The zero-order valence-corrected chi connectivity index (χ0v) is 19.1. The molecule has 0 amide bonds. The Morgan fingerprint density at radius 2 is 1.09 bits per heavy atom. The van der Waals surface area contributed by atoms with Gasteiger partial charge in [0.1, 0.15) is 11.3 Å². The minimum absolute atomic E-state index is 0.518. The molecule has 168 valence electrons. The van der Waals surface area contributed by atoms with E-state index in [2.05, 4.69) is 102 Å². The van der Waals surface area contributed by atoms with Gasteiger partial charge in [-0.1, -0.05) is 109 Å². The topological polar surface area (TPSA) is 27.1 Å². The van der Waals surface area contributed by atoms with Crippen molar-refractivity contribution in [2.75, 3.05) is 6.61 Å². The van der Waals surface area contributed by atoms with Gasteiger partial charge in [0.05, 0.1) is 18.6 Å². The Balaban J connectivity index is 1.50. The number of nitrogens with zero attached hydrogens (tertiary/aromatic N) is 2. The molecular weight excluding hydrogens is 416 g/mol. The third-order valence-electron chi connectivity index (χ3n) is 6.19. The van der Waals surface area contributed by atoms with E-state index >= 15 is 0 Å². The smallest absolute Gasteiger partial charge is 0.121 e. The highest BCUT2D eigenvalue weighted by atomic mass is 16.5. The third kappa shape index (κ3) is 4.38. The van der Waals surface area contributed by atoms with Gasteiger partial charge in [0.25, 0.3) is 0 Å².